The van der Waals surface area contributed by atoms with Crippen LogP contribution in [0.25, 0.3) is 16.3 Å². The Morgan fingerprint density at radius 2 is 2.10 bits per heavy atom. The number of carbonyl (C=O) groups is 1. The lowest BCUT2D eigenvalue weighted by molar-refractivity contribution is -0.114. The highest BCUT2D eigenvalue weighted by atomic mass is 35.5. The van der Waals surface area contributed by atoms with Crippen molar-refractivity contribution in [3.63, 3.8) is 0 Å². The molecular weight excluding hydrogens is 428 g/mol. The molecule has 0 spiro atoms. The van der Waals surface area contributed by atoms with Gasteiger partial charge in [0.05, 0.1) is 16.5 Å². The van der Waals surface area contributed by atoms with Crippen LogP contribution in [-0.4, -0.2) is 27.0 Å². The summed E-state index contributed by atoms with van der Waals surface area (Å²) in [6.45, 7) is 5.48. The molecule has 1 amide bonds. The molecule has 0 fully saturated rings. The van der Waals surface area contributed by atoms with Crippen molar-refractivity contribution in [2.75, 3.05) is 11.4 Å². The number of hydrogen-bond donors (Lipinski definition) is 0. The number of benzene rings is 2. The number of halogens is 1. The second-order valence-electron chi connectivity index (χ2n) is 7.43. The predicted molar refractivity (Wildman–Crippen MR) is 129 cm³/mol. The molecule has 2 aromatic carbocycles. The Hall–Kier alpha value is -2.96. The molecule has 7 heteroatoms. The lowest BCUT2D eigenvalue weighted by Gasteiger charge is -2.18. The van der Waals surface area contributed by atoms with E-state index >= 15 is 0 Å². The fraction of sp³-hybridized carbons (Fsp3) is 0.208. The van der Waals surface area contributed by atoms with Gasteiger partial charge in [-0.1, -0.05) is 47.2 Å². The Balaban J connectivity index is 1.61. The monoisotopic (exact) mass is 450 g/mol. The number of hydrogen-bond acceptors (Lipinski definition) is 4. The van der Waals surface area contributed by atoms with Gasteiger partial charge in [0.2, 0.25) is 0 Å². The maximum absolute atomic E-state index is 13.2. The number of fused-ring (bicyclic) bond motifs is 1. The Labute approximate surface area is 190 Å². The molecule has 0 radical (unpaired) electrons. The molecule has 0 unspecified atom stereocenters. The van der Waals surface area contributed by atoms with Crippen LogP contribution in [0.15, 0.2) is 61.2 Å². The van der Waals surface area contributed by atoms with Crippen molar-refractivity contribution in [3.05, 3.63) is 82.9 Å². The fourth-order valence-corrected chi connectivity index (χ4v) is 4.72. The van der Waals surface area contributed by atoms with Crippen molar-refractivity contribution in [1.29, 1.82) is 0 Å². The minimum absolute atomic E-state index is 0.112. The Morgan fingerprint density at radius 3 is 2.87 bits per heavy atom. The molecule has 0 N–H and O–H groups in total. The first kappa shape index (κ1) is 21.3. The first-order valence-corrected chi connectivity index (χ1v) is 11.3. The Bertz CT molecular complexity index is 1230. The van der Waals surface area contributed by atoms with Crippen molar-refractivity contribution in [1.82, 2.24) is 14.5 Å². The Kier molecular flexibility index (Phi) is 6.49. The molecular formula is C24H23ClN4OS. The minimum atomic E-state index is -0.112. The summed E-state index contributed by atoms with van der Waals surface area (Å²) in [5, 5.41) is 1.33. The highest BCUT2D eigenvalue weighted by molar-refractivity contribution is 7.22. The van der Waals surface area contributed by atoms with Crippen LogP contribution in [0, 0.1) is 13.8 Å². The van der Waals surface area contributed by atoms with Gasteiger partial charge in [-0.15, -0.1) is 0 Å². The predicted octanol–water partition coefficient (Wildman–Crippen LogP) is 5.90. The number of imidazole rings is 1. The molecule has 0 aliphatic heterocycles. The first-order valence-electron chi connectivity index (χ1n) is 10.1. The molecule has 0 aliphatic carbocycles. The fourth-order valence-electron chi connectivity index (χ4n) is 3.47. The summed E-state index contributed by atoms with van der Waals surface area (Å²) >= 11 is 7.79. The van der Waals surface area contributed by atoms with Crippen LogP contribution >= 0.6 is 22.9 Å². The summed E-state index contributed by atoms with van der Waals surface area (Å²) in [5.74, 6) is -0.112. The molecule has 0 bridgehead atoms. The van der Waals surface area contributed by atoms with E-state index in [4.69, 9.17) is 16.6 Å². The van der Waals surface area contributed by atoms with Gasteiger partial charge in [-0.2, -0.15) is 0 Å². The maximum atomic E-state index is 13.2. The number of thiazole rings is 1. The molecule has 4 rings (SSSR count). The van der Waals surface area contributed by atoms with Crippen LogP contribution in [0.4, 0.5) is 5.13 Å². The lowest BCUT2D eigenvalue weighted by Crippen LogP contribution is -2.30. The first-order chi connectivity index (χ1) is 15.0. The third kappa shape index (κ3) is 5.03. The van der Waals surface area contributed by atoms with E-state index in [1.54, 1.807) is 40.9 Å². The van der Waals surface area contributed by atoms with Gasteiger partial charge in [0.1, 0.15) is 0 Å². The standard InChI is InChI=1S/C24H23ClN4OS/c1-17-14-18(2)23-21(15-17)27-24(31-23)29(12-5-11-28-13-10-26-16-28)22(30)9-8-19-6-3-4-7-20(19)25/h3-4,6-10,13-16H,5,11-12H2,1-2H3/b9-8+. The minimum Gasteiger partial charge on any atom is -0.337 e. The molecule has 2 aromatic heterocycles. The summed E-state index contributed by atoms with van der Waals surface area (Å²) in [5.41, 5.74) is 4.08. The highest BCUT2D eigenvalue weighted by Crippen LogP contribution is 2.32. The molecule has 0 saturated carbocycles. The van der Waals surface area contributed by atoms with E-state index in [0.717, 1.165) is 28.7 Å². The zero-order valence-electron chi connectivity index (χ0n) is 17.5. The number of rotatable bonds is 7. The molecule has 4 aromatic rings. The van der Waals surface area contributed by atoms with E-state index in [1.165, 1.54) is 11.1 Å². The smallest absolute Gasteiger partial charge is 0.252 e. The highest BCUT2D eigenvalue weighted by Gasteiger charge is 2.18. The lowest BCUT2D eigenvalue weighted by atomic mass is 10.1. The number of nitrogens with zero attached hydrogens (tertiary/aromatic N) is 4. The number of anilines is 1. The van der Waals surface area contributed by atoms with Gasteiger partial charge < -0.3 is 4.57 Å². The van der Waals surface area contributed by atoms with E-state index in [0.29, 0.717) is 16.7 Å². The van der Waals surface area contributed by atoms with Crippen molar-refractivity contribution in [3.8, 4) is 0 Å². The van der Waals surface area contributed by atoms with E-state index in [1.807, 2.05) is 35.0 Å². The molecule has 2 heterocycles. The average Bonchev–Trinajstić information content (AvgIpc) is 3.40. The van der Waals surface area contributed by atoms with Gasteiger partial charge in [0, 0.05) is 36.6 Å². The topological polar surface area (TPSA) is 51.0 Å². The molecule has 5 nitrogen and oxygen atoms in total. The maximum Gasteiger partial charge on any atom is 0.252 e. The molecule has 31 heavy (non-hydrogen) atoms. The summed E-state index contributed by atoms with van der Waals surface area (Å²) in [7, 11) is 0. The van der Waals surface area contributed by atoms with Gasteiger partial charge in [0.25, 0.3) is 5.91 Å². The third-order valence-corrected chi connectivity index (χ3v) is 6.55. The van der Waals surface area contributed by atoms with Crippen LogP contribution in [0.1, 0.15) is 23.1 Å². The zero-order chi connectivity index (χ0) is 21.8. The number of aryl methyl sites for hydroxylation is 3. The van der Waals surface area contributed by atoms with Crippen molar-refractivity contribution in [2.45, 2.75) is 26.8 Å². The van der Waals surface area contributed by atoms with Gasteiger partial charge in [0.15, 0.2) is 5.13 Å². The van der Waals surface area contributed by atoms with Crippen molar-refractivity contribution in [2.24, 2.45) is 0 Å². The molecule has 158 valence electrons. The number of carbonyl (C=O) groups excluding carboxylic acids is 1. The Morgan fingerprint density at radius 1 is 1.26 bits per heavy atom. The van der Waals surface area contributed by atoms with Gasteiger partial charge >= 0.3 is 0 Å². The van der Waals surface area contributed by atoms with Crippen LogP contribution < -0.4 is 4.90 Å². The number of aromatic nitrogens is 3. The average molecular weight is 451 g/mol. The summed E-state index contributed by atoms with van der Waals surface area (Å²) < 4.78 is 3.12. The van der Waals surface area contributed by atoms with E-state index < -0.39 is 0 Å². The SMILES string of the molecule is Cc1cc(C)c2sc(N(CCCn3ccnc3)C(=O)/C=C/c3ccccc3Cl)nc2c1. The van der Waals surface area contributed by atoms with Crippen LogP contribution in [0.5, 0.6) is 0 Å². The molecule has 0 saturated heterocycles. The van der Waals surface area contributed by atoms with Gasteiger partial charge in [-0.25, -0.2) is 9.97 Å². The third-order valence-electron chi connectivity index (χ3n) is 4.97. The summed E-state index contributed by atoms with van der Waals surface area (Å²) in [6, 6.07) is 11.7. The van der Waals surface area contributed by atoms with Gasteiger partial charge in [-0.05, 0) is 55.2 Å². The summed E-state index contributed by atoms with van der Waals surface area (Å²) in [4.78, 5) is 23.8. The normalized spacial score (nSPS) is 11.5. The zero-order valence-corrected chi connectivity index (χ0v) is 19.0. The number of amides is 1. The van der Waals surface area contributed by atoms with E-state index in [9.17, 15) is 4.79 Å². The second-order valence-corrected chi connectivity index (χ2v) is 8.81. The van der Waals surface area contributed by atoms with Crippen LogP contribution in [0.3, 0.4) is 0 Å². The van der Waals surface area contributed by atoms with Gasteiger partial charge in [-0.3, -0.25) is 9.69 Å². The second kappa shape index (κ2) is 9.45. The molecule has 0 atom stereocenters. The van der Waals surface area contributed by atoms with E-state index in [-0.39, 0.29) is 5.91 Å². The quantitative estimate of drug-likeness (QED) is 0.329. The summed E-state index contributed by atoms with van der Waals surface area (Å²) in [6.07, 6.45) is 9.59. The molecule has 0 aliphatic rings. The van der Waals surface area contributed by atoms with Crippen LogP contribution in [-0.2, 0) is 11.3 Å². The largest absolute Gasteiger partial charge is 0.337 e. The van der Waals surface area contributed by atoms with Crippen molar-refractivity contribution < 1.29 is 4.79 Å². The van der Waals surface area contributed by atoms with Crippen molar-refractivity contribution >= 4 is 50.3 Å². The van der Waals surface area contributed by atoms with E-state index in [2.05, 4.69) is 31.0 Å². The van der Waals surface area contributed by atoms with Crippen LogP contribution in [0.2, 0.25) is 5.02 Å².